The Morgan fingerprint density at radius 1 is 1.09 bits per heavy atom. The SMILES string of the molecule is CCCCCCC(C)NC(=O)Nc1ccc(C(=O)NC)cc1. The van der Waals surface area contributed by atoms with E-state index < -0.39 is 0 Å². The minimum absolute atomic E-state index is 0.142. The molecular weight excluding hydrogens is 278 g/mol. The summed E-state index contributed by atoms with van der Waals surface area (Å²) in [5.41, 5.74) is 1.24. The zero-order valence-corrected chi connectivity index (χ0v) is 13.7. The Labute approximate surface area is 132 Å². The summed E-state index contributed by atoms with van der Waals surface area (Å²) in [7, 11) is 1.59. The number of rotatable bonds is 8. The van der Waals surface area contributed by atoms with Crippen LogP contribution in [0.3, 0.4) is 0 Å². The van der Waals surface area contributed by atoms with Gasteiger partial charge in [0.15, 0.2) is 0 Å². The van der Waals surface area contributed by atoms with E-state index in [9.17, 15) is 9.59 Å². The topological polar surface area (TPSA) is 70.2 Å². The molecule has 5 nitrogen and oxygen atoms in total. The van der Waals surface area contributed by atoms with Crippen molar-refractivity contribution >= 4 is 17.6 Å². The van der Waals surface area contributed by atoms with Gasteiger partial charge in [0.1, 0.15) is 0 Å². The first-order valence-corrected chi connectivity index (χ1v) is 7.96. The standard InChI is InChI=1S/C17H27N3O2/c1-4-5-6-7-8-13(2)19-17(22)20-15-11-9-14(10-12-15)16(21)18-3/h9-13H,4-8H2,1-3H3,(H,18,21)(H2,19,20,22). The third-order valence-corrected chi connectivity index (χ3v) is 3.50. The molecule has 3 N–H and O–H groups in total. The van der Waals surface area contributed by atoms with E-state index in [1.54, 1.807) is 31.3 Å². The molecule has 0 fully saturated rings. The fourth-order valence-corrected chi connectivity index (χ4v) is 2.19. The van der Waals surface area contributed by atoms with Crippen molar-refractivity contribution in [1.82, 2.24) is 10.6 Å². The van der Waals surface area contributed by atoms with Crippen LogP contribution in [-0.2, 0) is 0 Å². The molecule has 0 radical (unpaired) electrons. The average Bonchev–Trinajstić information content (AvgIpc) is 2.51. The molecule has 22 heavy (non-hydrogen) atoms. The predicted molar refractivity (Wildman–Crippen MR) is 90.2 cm³/mol. The summed E-state index contributed by atoms with van der Waals surface area (Å²) < 4.78 is 0. The van der Waals surface area contributed by atoms with Crippen LogP contribution in [0.25, 0.3) is 0 Å². The van der Waals surface area contributed by atoms with Gasteiger partial charge in [0, 0.05) is 24.3 Å². The monoisotopic (exact) mass is 305 g/mol. The fourth-order valence-electron chi connectivity index (χ4n) is 2.19. The average molecular weight is 305 g/mol. The molecule has 0 saturated heterocycles. The van der Waals surface area contributed by atoms with E-state index in [1.165, 1.54) is 19.3 Å². The van der Waals surface area contributed by atoms with Crippen molar-refractivity contribution in [3.05, 3.63) is 29.8 Å². The molecule has 1 atom stereocenters. The summed E-state index contributed by atoms with van der Waals surface area (Å²) in [5.74, 6) is -0.142. The molecular formula is C17H27N3O2. The lowest BCUT2D eigenvalue weighted by Crippen LogP contribution is -2.36. The van der Waals surface area contributed by atoms with Crippen LogP contribution in [0.15, 0.2) is 24.3 Å². The van der Waals surface area contributed by atoms with Crippen molar-refractivity contribution in [1.29, 1.82) is 0 Å². The van der Waals surface area contributed by atoms with E-state index in [1.807, 2.05) is 6.92 Å². The van der Waals surface area contributed by atoms with E-state index in [0.29, 0.717) is 11.3 Å². The lowest BCUT2D eigenvalue weighted by atomic mass is 10.1. The molecule has 1 aromatic carbocycles. The Hall–Kier alpha value is -2.04. The summed E-state index contributed by atoms with van der Waals surface area (Å²) in [5, 5.41) is 8.26. The summed E-state index contributed by atoms with van der Waals surface area (Å²) in [6.45, 7) is 4.20. The largest absolute Gasteiger partial charge is 0.355 e. The van der Waals surface area contributed by atoms with Gasteiger partial charge in [0.2, 0.25) is 0 Å². The first-order chi connectivity index (χ1) is 10.6. The van der Waals surface area contributed by atoms with Crippen LogP contribution in [0.4, 0.5) is 10.5 Å². The van der Waals surface area contributed by atoms with Gasteiger partial charge in [0.25, 0.3) is 5.91 Å². The Morgan fingerprint density at radius 3 is 2.36 bits per heavy atom. The van der Waals surface area contributed by atoms with Gasteiger partial charge in [-0.2, -0.15) is 0 Å². The molecule has 0 saturated carbocycles. The van der Waals surface area contributed by atoms with Gasteiger partial charge >= 0.3 is 6.03 Å². The molecule has 3 amide bonds. The number of amides is 3. The van der Waals surface area contributed by atoms with E-state index in [0.717, 1.165) is 12.8 Å². The minimum Gasteiger partial charge on any atom is -0.355 e. The second kappa shape index (κ2) is 9.82. The van der Waals surface area contributed by atoms with E-state index in [2.05, 4.69) is 22.9 Å². The lowest BCUT2D eigenvalue weighted by Gasteiger charge is -2.14. The van der Waals surface area contributed by atoms with Gasteiger partial charge in [-0.1, -0.05) is 32.6 Å². The maximum absolute atomic E-state index is 11.9. The quantitative estimate of drug-likeness (QED) is 0.643. The lowest BCUT2D eigenvalue weighted by molar-refractivity contribution is 0.0963. The van der Waals surface area contributed by atoms with Crippen LogP contribution in [0.5, 0.6) is 0 Å². The van der Waals surface area contributed by atoms with Gasteiger partial charge in [-0.05, 0) is 37.6 Å². The number of hydrogen-bond donors (Lipinski definition) is 3. The number of carbonyl (C=O) groups excluding carboxylic acids is 2. The highest BCUT2D eigenvalue weighted by molar-refractivity contribution is 5.95. The molecule has 5 heteroatoms. The summed E-state index contributed by atoms with van der Waals surface area (Å²) in [6, 6.07) is 6.75. The van der Waals surface area contributed by atoms with Crippen molar-refractivity contribution in [2.45, 2.75) is 52.0 Å². The Morgan fingerprint density at radius 2 is 1.77 bits per heavy atom. The molecule has 1 rings (SSSR count). The molecule has 0 aliphatic rings. The van der Waals surface area contributed by atoms with Crippen LogP contribution >= 0.6 is 0 Å². The summed E-state index contributed by atoms with van der Waals surface area (Å²) in [6.07, 6.45) is 5.80. The van der Waals surface area contributed by atoms with Crippen LogP contribution in [-0.4, -0.2) is 25.0 Å². The zero-order chi connectivity index (χ0) is 16.4. The van der Waals surface area contributed by atoms with Crippen molar-refractivity contribution < 1.29 is 9.59 Å². The number of urea groups is 1. The zero-order valence-electron chi connectivity index (χ0n) is 13.7. The van der Waals surface area contributed by atoms with Crippen LogP contribution in [0, 0.1) is 0 Å². The Kier molecular flexibility index (Phi) is 8.04. The Balaban J connectivity index is 2.36. The smallest absolute Gasteiger partial charge is 0.319 e. The molecule has 1 unspecified atom stereocenters. The van der Waals surface area contributed by atoms with Gasteiger partial charge in [-0.3, -0.25) is 4.79 Å². The van der Waals surface area contributed by atoms with Crippen molar-refractivity contribution in [3.63, 3.8) is 0 Å². The predicted octanol–water partition coefficient (Wildman–Crippen LogP) is 3.53. The first kappa shape index (κ1) is 18.0. The van der Waals surface area contributed by atoms with Crippen molar-refractivity contribution in [3.8, 4) is 0 Å². The van der Waals surface area contributed by atoms with Gasteiger partial charge in [0.05, 0.1) is 0 Å². The molecule has 0 spiro atoms. The fraction of sp³-hybridized carbons (Fsp3) is 0.529. The van der Waals surface area contributed by atoms with Crippen molar-refractivity contribution in [2.24, 2.45) is 0 Å². The number of benzene rings is 1. The normalized spacial score (nSPS) is 11.6. The van der Waals surface area contributed by atoms with Crippen LogP contribution in [0.2, 0.25) is 0 Å². The van der Waals surface area contributed by atoms with E-state index in [-0.39, 0.29) is 18.0 Å². The maximum Gasteiger partial charge on any atom is 0.319 e. The highest BCUT2D eigenvalue weighted by Crippen LogP contribution is 2.10. The first-order valence-electron chi connectivity index (χ1n) is 7.96. The molecule has 1 aromatic rings. The van der Waals surface area contributed by atoms with Crippen molar-refractivity contribution in [2.75, 3.05) is 12.4 Å². The van der Waals surface area contributed by atoms with E-state index in [4.69, 9.17) is 0 Å². The van der Waals surface area contributed by atoms with E-state index >= 15 is 0 Å². The second-order valence-electron chi connectivity index (χ2n) is 5.51. The summed E-state index contributed by atoms with van der Waals surface area (Å²) in [4.78, 5) is 23.3. The third-order valence-electron chi connectivity index (χ3n) is 3.50. The molecule has 122 valence electrons. The maximum atomic E-state index is 11.9. The highest BCUT2D eigenvalue weighted by atomic mass is 16.2. The van der Waals surface area contributed by atoms with Gasteiger partial charge < -0.3 is 16.0 Å². The highest BCUT2D eigenvalue weighted by Gasteiger charge is 2.08. The number of unbranched alkanes of at least 4 members (excludes halogenated alkanes) is 3. The van der Waals surface area contributed by atoms with Gasteiger partial charge in [-0.25, -0.2) is 4.79 Å². The number of anilines is 1. The molecule has 0 aromatic heterocycles. The minimum atomic E-state index is -0.212. The van der Waals surface area contributed by atoms with Crippen LogP contribution in [0.1, 0.15) is 56.3 Å². The van der Waals surface area contributed by atoms with Crippen LogP contribution < -0.4 is 16.0 Å². The second-order valence-corrected chi connectivity index (χ2v) is 5.51. The number of carbonyl (C=O) groups is 2. The number of nitrogens with one attached hydrogen (secondary N) is 3. The molecule has 0 aliphatic carbocycles. The number of hydrogen-bond acceptors (Lipinski definition) is 2. The van der Waals surface area contributed by atoms with Gasteiger partial charge in [-0.15, -0.1) is 0 Å². The Bertz CT molecular complexity index is 471. The molecule has 0 heterocycles. The summed E-state index contributed by atoms with van der Waals surface area (Å²) >= 11 is 0. The third kappa shape index (κ3) is 6.61. The molecule has 0 bridgehead atoms. The molecule has 0 aliphatic heterocycles.